The third kappa shape index (κ3) is 5.72. The van der Waals surface area contributed by atoms with Crippen LogP contribution in [0.1, 0.15) is 13.8 Å². The van der Waals surface area contributed by atoms with E-state index in [0.29, 0.717) is 24.5 Å². The molecule has 30 heavy (non-hydrogen) atoms. The van der Waals surface area contributed by atoms with Crippen LogP contribution in [0.3, 0.4) is 0 Å². The van der Waals surface area contributed by atoms with E-state index in [4.69, 9.17) is 9.57 Å². The number of anilines is 2. The topological polar surface area (TPSA) is 103 Å². The van der Waals surface area contributed by atoms with Crippen LogP contribution in [0.2, 0.25) is 0 Å². The number of urea groups is 1. The minimum Gasteiger partial charge on any atom is -0.442 e. The lowest BCUT2D eigenvalue weighted by molar-refractivity contribution is -0.119. The molecule has 1 aliphatic heterocycles. The number of likely N-dealkylation sites (N-methyl/N-ethyl adjacent to an activating group) is 1. The lowest BCUT2D eigenvalue weighted by atomic mass is 10.2. The molecule has 1 fully saturated rings. The molecule has 4 amide bonds. The number of hydrogen-bond donors (Lipinski definition) is 2. The van der Waals surface area contributed by atoms with Crippen LogP contribution in [-0.4, -0.2) is 76.1 Å². The van der Waals surface area contributed by atoms with Crippen molar-refractivity contribution in [2.24, 2.45) is 0 Å². The molecule has 1 aliphatic rings. The SMILES string of the molecule is CCN(CCN(OC)C(=O)NC)c1ccc(N2C[C@H](CNC(C)=O)OC2=O)cc1F. The number of rotatable bonds is 9. The van der Waals surface area contributed by atoms with Crippen molar-refractivity contribution >= 4 is 29.4 Å². The first-order chi connectivity index (χ1) is 14.3. The van der Waals surface area contributed by atoms with E-state index in [1.165, 1.54) is 32.0 Å². The van der Waals surface area contributed by atoms with Crippen molar-refractivity contribution in [1.82, 2.24) is 15.7 Å². The molecule has 0 aromatic heterocycles. The number of carbonyl (C=O) groups is 3. The predicted molar refractivity (Wildman–Crippen MR) is 109 cm³/mol. The minimum absolute atomic E-state index is 0.198. The summed E-state index contributed by atoms with van der Waals surface area (Å²) in [5, 5.41) is 6.21. The zero-order chi connectivity index (χ0) is 22.3. The van der Waals surface area contributed by atoms with Gasteiger partial charge in [0, 0.05) is 27.1 Å². The number of ether oxygens (including phenoxy) is 1. The van der Waals surface area contributed by atoms with Crippen LogP contribution >= 0.6 is 0 Å². The maximum Gasteiger partial charge on any atom is 0.414 e. The highest BCUT2D eigenvalue weighted by Gasteiger charge is 2.32. The molecule has 11 heteroatoms. The van der Waals surface area contributed by atoms with Crippen LogP contribution in [0.5, 0.6) is 0 Å². The number of amides is 4. The molecule has 0 spiro atoms. The number of cyclic esters (lactones) is 1. The molecule has 0 saturated carbocycles. The van der Waals surface area contributed by atoms with Gasteiger partial charge in [0.05, 0.1) is 38.1 Å². The molecule has 0 radical (unpaired) electrons. The van der Waals surface area contributed by atoms with Gasteiger partial charge in [-0.15, -0.1) is 0 Å². The van der Waals surface area contributed by atoms with Crippen molar-refractivity contribution in [3.05, 3.63) is 24.0 Å². The molecule has 166 valence electrons. The van der Waals surface area contributed by atoms with Gasteiger partial charge < -0.3 is 20.3 Å². The normalized spacial score (nSPS) is 15.6. The van der Waals surface area contributed by atoms with Gasteiger partial charge in [-0.1, -0.05) is 0 Å². The van der Waals surface area contributed by atoms with Crippen LogP contribution < -0.4 is 20.4 Å². The van der Waals surface area contributed by atoms with Crippen molar-refractivity contribution < 1.29 is 28.3 Å². The molecule has 2 N–H and O–H groups in total. The number of nitrogens with zero attached hydrogens (tertiary/aromatic N) is 3. The zero-order valence-electron chi connectivity index (χ0n) is 17.6. The average molecular weight is 425 g/mol. The molecule has 10 nitrogen and oxygen atoms in total. The number of halogens is 1. The van der Waals surface area contributed by atoms with E-state index >= 15 is 0 Å². The van der Waals surface area contributed by atoms with Crippen LogP contribution in [-0.2, 0) is 14.4 Å². The summed E-state index contributed by atoms with van der Waals surface area (Å²) in [6.07, 6.45) is -1.09. The van der Waals surface area contributed by atoms with E-state index in [2.05, 4.69) is 10.6 Å². The molecule has 1 aromatic carbocycles. The van der Waals surface area contributed by atoms with Crippen LogP contribution in [0.25, 0.3) is 0 Å². The molecular weight excluding hydrogens is 397 g/mol. The summed E-state index contributed by atoms with van der Waals surface area (Å²) in [5.41, 5.74) is 0.711. The minimum atomic E-state index is -0.592. The van der Waals surface area contributed by atoms with Crippen LogP contribution in [0.4, 0.5) is 25.4 Å². The number of benzene rings is 1. The Hall–Kier alpha value is -3.08. The number of hydroxylamine groups is 2. The summed E-state index contributed by atoms with van der Waals surface area (Å²) >= 11 is 0. The Morgan fingerprint density at radius 3 is 2.67 bits per heavy atom. The lowest BCUT2D eigenvalue weighted by Crippen LogP contribution is -2.42. The third-order valence-corrected chi connectivity index (χ3v) is 4.65. The van der Waals surface area contributed by atoms with E-state index in [0.717, 1.165) is 5.06 Å². The van der Waals surface area contributed by atoms with E-state index in [1.807, 2.05) is 6.92 Å². The summed E-state index contributed by atoms with van der Waals surface area (Å²) in [6.45, 7) is 4.74. The molecular formula is C19H28FN5O5. The van der Waals surface area contributed by atoms with E-state index in [1.54, 1.807) is 17.0 Å². The zero-order valence-corrected chi connectivity index (χ0v) is 17.6. The highest BCUT2D eigenvalue weighted by atomic mass is 19.1. The molecule has 2 rings (SSSR count). The summed E-state index contributed by atoms with van der Waals surface area (Å²) in [5.74, 6) is -0.723. The predicted octanol–water partition coefficient (Wildman–Crippen LogP) is 1.32. The average Bonchev–Trinajstić information content (AvgIpc) is 3.10. The fraction of sp³-hybridized carbons (Fsp3) is 0.526. The monoisotopic (exact) mass is 425 g/mol. The number of hydrogen-bond acceptors (Lipinski definition) is 6. The van der Waals surface area contributed by atoms with Gasteiger partial charge >= 0.3 is 12.1 Å². The van der Waals surface area contributed by atoms with Crippen LogP contribution in [0.15, 0.2) is 18.2 Å². The summed E-state index contributed by atoms with van der Waals surface area (Å²) < 4.78 is 20.1. The Bertz CT molecular complexity index is 778. The maximum absolute atomic E-state index is 14.8. The van der Waals surface area contributed by atoms with Crippen molar-refractivity contribution in [1.29, 1.82) is 0 Å². The number of nitrogens with one attached hydrogen (secondary N) is 2. The Morgan fingerprint density at radius 1 is 1.37 bits per heavy atom. The number of carbonyl (C=O) groups excluding carboxylic acids is 3. The third-order valence-electron chi connectivity index (χ3n) is 4.65. The Morgan fingerprint density at radius 2 is 2.10 bits per heavy atom. The van der Waals surface area contributed by atoms with E-state index in [-0.39, 0.29) is 25.5 Å². The second-order valence-corrected chi connectivity index (χ2v) is 6.61. The van der Waals surface area contributed by atoms with Gasteiger partial charge in [-0.25, -0.2) is 19.0 Å². The van der Waals surface area contributed by atoms with Gasteiger partial charge in [0.25, 0.3) is 0 Å². The van der Waals surface area contributed by atoms with E-state index < -0.39 is 24.0 Å². The molecule has 0 bridgehead atoms. The van der Waals surface area contributed by atoms with Gasteiger partial charge in [0.1, 0.15) is 11.9 Å². The van der Waals surface area contributed by atoms with Gasteiger partial charge in [0.2, 0.25) is 5.91 Å². The van der Waals surface area contributed by atoms with Crippen LogP contribution in [0, 0.1) is 5.82 Å². The fourth-order valence-electron chi connectivity index (χ4n) is 3.08. The second-order valence-electron chi connectivity index (χ2n) is 6.61. The molecule has 1 atom stereocenters. The summed E-state index contributed by atoms with van der Waals surface area (Å²) in [6, 6.07) is 4.09. The summed E-state index contributed by atoms with van der Waals surface area (Å²) in [4.78, 5) is 43.0. The first kappa shape index (κ1) is 23.2. The van der Waals surface area contributed by atoms with Crippen molar-refractivity contribution in [2.45, 2.75) is 20.0 Å². The van der Waals surface area contributed by atoms with Crippen molar-refractivity contribution in [3.63, 3.8) is 0 Å². The first-order valence-electron chi connectivity index (χ1n) is 9.61. The first-order valence-corrected chi connectivity index (χ1v) is 9.61. The van der Waals surface area contributed by atoms with Crippen molar-refractivity contribution in [2.75, 3.05) is 56.7 Å². The Kier molecular flexibility index (Phi) is 8.22. The van der Waals surface area contributed by atoms with Gasteiger partial charge in [-0.05, 0) is 25.1 Å². The maximum atomic E-state index is 14.8. The molecule has 1 heterocycles. The second kappa shape index (κ2) is 10.6. The Balaban J connectivity index is 2.07. The molecule has 1 aromatic rings. The van der Waals surface area contributed by atoms with Crippen molar-refractivity contribution in [3.8, 4) is 0 Å². The van der Waals surface area contributed by atoms with Gasteiger partial charge in [0.15, 0.2) is 0 Å². The highest BCUT2D eigenvalue weighted by Crippen LogP contribution is 2.28. The van der Waals surface area contributed by atoms with E-state index in [9.17, 15) is 18.8 Å². The lowest BCUT2D eigenvalue weighted by Gasteiger charge is -2.27. The molecule has 0 unspecified atom stereocenters. The molecule has 1 saturated heterocycles. The largest absolute Gasteiger partial charge is 0.442 e. The standard InChI is InChI=1S/C19H28FN5O5/c1-5-23(8-9-25(29-4)18(27)21-3)17-7-6-14(10-16(17)20)24-12-15(30-19(24)28)11-22-13(2)26/h6-7,10,15H,5,8-9,11-12H2,1-4H3,(H,21,27)(H,22,26)/t15-/m0/s1. The molecule has 0 aliphatic carbocycles. The highest BCUT2D eigenvalue weighted by molar-refractivity contribution is 5.90. The van der Waals surface area contributed by atoms with Gasteiger partial charge in [-0.3, -0.25) is 14.5 Å². The fourth-order valence-corrected chi connectivity index (χ4v) is 3.08. The summed E-state index contributed by atoms with van der Waals surface area (Å²) in [7, 11) is 2.88. The smallest absolute Gasteiger partial charge is 0.414 e. The Labute approximate surface area is 174 Å². The quantitative estimate of drug-likeness (QED) is 0.579. The van der Waals surface area contributed by atoms with Gasteiger partial charge in [-0.2, -0.15) is 0 Å².